The Hall–Kier alpha value is -1.59. The van der Waals surface area contributed by atoms with E-state index in [2.05, 4.69) is 17.6 Å². The normalized spacial score (nSPS) is 11.9. The van der Waals surface area contributed by atoms with Gasteiger partial charge in [-0.25, -0.2) is 0 Å². The van der Waals surface area contributed by atoms with Gasteiger partial charge in [0.25, 0.3) is 0 Å². The van der Waals surface area contributed by atoms with Gasteiger partial charge in [0.2, 0.25) is 5.91 Å². The molecule has 5 heteroatoms. The molecule has 1 rings (SSSR count). The number of nitrogens with one attached hydrogen (secondary N) is 2. The third-order valence-corrected chi connectivity index (χ3v) is 2.52. The summed E-state index contributed by atoms with van der Waals surface area (Å²) in [6.07, 6.45) is 0.946. The number of hydrogen-bond donors (Lipinski definition) is 3. The van der Waals surface area contributed by atoms with Crippen molar-refractivity contribution in [2.75, 3.05) is 31.0 Å². The standard InChI is InChI=1S/C13H20N2O3/c1-3-10(9-18-2)14-11-5-4-6-12(7-11)15-13(17)8-16/h4-7,10,14,16H,3,8-9H2,1-2H3,(H,15,17). The molecule has 0 bridgehead atoms. The van der Waals surface area contributed by atoms with E-state index in [0.717, 1.165) is 12.1 Å². The molecule has 0 aliphatic rings. The van der Waals surface area contributed by atoms with Crippen molar-refractivity contribution < 1.29 is 14.6 Å². The Morgan fingerprint density at radius 3 is 2.78 bits per heavy atom. The van der Waals surface area contributed by atoms with Crippen LogP contribution in [0.15, 0.2) is 24.3 Å². The third-order valence-electron chi connectivity index (χ3n) is 2.52. The van der Waals surface area contributed by atoms with E-state index in [0.29, 0.717) is 12.3 Å². The maximum atomic E-state index is 11.1. The van der Waals surface area contributed by atoms with Gasteiger partial charge in [-0.1, -0.05) is 13.0 Å². The van der Waals surface area contributed by atoms with E-state index in [9.17, 15) is 4.79 Å². The highest BCUT2D eigenvalue weighted by Crippen LogP contribution is 2.16. The zero-order valence-electron chi connectivity index (χ0n) is 10.8. The lowest BCUT2D eigenvalue weighted by molar-refractivity contribution is -0.118. The largest absolute Gasteiger partial charge is 0.387 e. The van der Waals surface area contributed by atoms with Crippen molar-refractivity contribution in [2.45, 2.75) is 19.4 Å². The van der Waals surface area contributed by atoms with Gasteiger partial charge in [0.1, 0.15) is 6.61 Å². The molecule has 0 aromatic heterocycles. The number of ether oxygens (including phenoxy) is 1. The lowest BCUT2D eigenvalue weighted by Crippen LogP contribution is -2.24. The molecular weight excluding hydrogens is 232 g/mol. The van der Waals surface area contributed by atoms with Crippen molar-refractivity contribution in [3.63, 3.8) is 0 Å². The molecule has 1 unspecified atom stereocenters. The van der Waals surface area contributed by atoms with Gasteiger partial charge < -0.3 is 20.5 Å². The molecule has 0 radical (unpaired) electrons. The summed E-state index contributed by atoms with van der Waals surface area (Å²) in [6, 6.07) is 7.60. The Bertz CT molecular complexity index is 382. The first-order valence-electron chi connectivity index (χ1n) is 5.95. The van der Waals surface area contributed by atoms with E-state index >= 15 is 0 Å². The number of benzene rings is 1. The minimum atomic E-state index is -0.515. The van der Waals surface area contributed by atoms with Gasteiger partial charge >= 0.3 is 0 Å². The first-order chi connectivity index (χ1) is 8.69. The van der Waals surface area contributed by atoms with Gasteiger partial charge in [0.15, 0.2) is 0 Å². The molecule has 100 valence electrons. The minimum absolute atomic E-state index is 0.235. The molecule has 0 spiro atoms. The average Bonchev–Trinajstić information content (AvgIpc) is 2.38. The van der Waals surface area contributed by atoms with Crippen LogP contribution in [0.4, 0.5) is 11.4 Å². The zero-order chi connectivity index (χ0) is 13.4. The van der Waals surface area contributed by atoms with Crippen LogP contribution in [0.2, 0.25) is 0 Å². The zero-order valence-corrected chi connectivity index (χ0v) is 10.8. The van der Waals surface area contributed by atoms with Gasteiger partial charge in [-0.3, -0.25) is 4.79 Å². The van der Waals surface area contributed by atoms with Crippen LogP contribution in [-0.2, 0) is 9.53 Å². The second kappa shape index (κ2) is 7.68. The number of carbonyl (C=O) groups excluding carboxylic acids is 1. The van der Waals surface area contributed by atoms with E-state index in [4.69, 9.17) is 9.84 Å². The van der Waals surface area contributed by atoms with Crippen LogP contribution in [0.25, 0.3) is 0 Å². The second-order valence-corrected chi connectivity index (χ2v) is 3.99. The lowest BCUT2D eigenvalue weighted by Gasteiger charge is -2.17. The molecule has 1 amide bonds. The molecule has 0 saturated carbocycles. The smallest absolute Gasteiger partial charge is 0.250 e. The molecule has 3 N–H and O–H groups in total. The molecule has 0 aliphatic carbocycles. The molecule has 0 heterocycles. The van der Waals surface area contributed by atoms with Crippen LogP contribution in [0.5, 0.6) is 0 Å². The van der Waals surface area contributed by atoms with Crippen molar-refractivity contribution in [3.8, 4) is 0 Å². The summed E-state index contributed by atoms with van der Waals surface area (Å²) in [7, 11) is 1.67. The second-order valence-electron chi connectivity index (χ2n) is 3.99. The van der Waals surface area contributed by atoms with Crippen molar-refractivity contribution in [2.24, 2.45) is 0 Å². The van der Waals surface area contributed by atoms with Crippen LogP contribution in [0.1, 0.15) is 13.3 Å². The summed E-state index contributed by atoms with van der Waals surface area (Å²) in [5, 5.41) is 14.6. The summed E-state index contributed by atoms with van der Waals surface area (Å²) in [4.78, 5) is 11.1. The van der Waals surface area contributed by atoms with E-state index in [-0.39, 0.29) is 6.04 Å². The van der Waals surface area contributed by atoms with Crippen LogP contribution < -0.4 is 10.6 Å². The molecule has 1 aromatic rings. The van der Waals surface area contributed by atoms with Gasteiger partial charge in [0.05, 0.1) is 6.61 Å². The monoisotopic (exact) mass is 252 g/mol. The summed E-state index contributed by atoms with van der Waals surface area (Å²) in [5.74, 6) is -0.420. The summed E-state index contributed by atoms with van der Waals surface area (Å²) in [6.45, 7) is 2.19. The Labute approximate surface area is 107 Å². The predicted molar refractivity (Wildman–Crippen MR) is 71.7 cm³/mol. The first-order valence-corrected chi connectivity index (χ1v) is 5.95. The van der Waals surface area contributed by atoms with Crippen LogP contribution in [-0.4, -0.2) is 37.4 Å². The summed E-state index contributed by atoms with van der Waals surface area (Å²) < 4.78 is 5.11. The minimum Gasteiger partial charge on any atom is -0.387 e. The fourth-order valence-corrected chi connectivity index (χ4v) is 1.59. The van der Waals surface area contributed by atoms with Gasteiger partial charge in [-0.15, -0.1) is 0 Å². The number of hydrogen-bond acceptors (Lipinski definition) is 4. The molecule has 5 nitrogen and oxygen atoms in total. The van der Waals surface area contributed by atoms with Crippen LogP contribution in [0, 0.1) is 0 Å². The molecule has 0 aliphatic heterocycles. The van der Waals surface area contributed by atoms with Crippen molar-refractivity contribution in [3.05, 3.63) is 24.3 Å². The topological polar surface area (TPSA) is 70.6 Å². The number of methoxy groups -OCH3 is 1. The predicted octanol–water partition coefficient (Wildman–Crippen LogP) is 1.45. The SMILES string of the molecule is CCC(COC)Nc1cccc(NC(=O)CO)c1. The van der Waals surface area contributed by atoms with Gasteiger partial charge in [0, 0.05) is 24.5 Å². The molecule has 0 fully saturated rings. The average molecular weight is 252 g/mol. The highest BCUT2D eigenvalue weighted by molar-refractivity contribution is 5.91. The fraction of sp³-hybridized carbons (Fsp3) is 0.462. The Kier molecular flexibility index (Phi) is 6.18. The number of rotatable bonds is 7. The van der Waals surface area contributed by atoms with E-state index in [1.807, 2.05) is 18.2 Å². The number of anilines is 2. The molecule has 1 aromatic carbocycles. The fourth-order valence-electron chi connectivity index (χ4n) is 1.59. The van der Waals surface area contributed by atoms with Gasteiger partial charge in [-0.2, -0.15) is 0 Å². The lowest BCUT2D eigenvalue weighted by atomic mass is 10.2. The molecule has 1 atom stereocenters. The van der Waals surface area contributed by atoms with Crippen molar-refractivity contribution >= 4 is 17.3 Å². The molecule has 18 heavy (non-hydrogen) atoms. The van der Waals surface area contributed by atoms with E-state index in [1.54, 1.807) is 13.2 Å². The van der Waals surface area contributed by atoms with E-state index < -0.39 is 12.5 Å². The van der Waals surface area contributed by atoms with Crippen LogP contribution >= 0.6 is 0 Å². The Morgan fingerprint density at radius 2 is 2.17 bits per heavy atom. The third kappa shape index (κ3) is 4.73. The highest BCUT2D eigenvalue weighted by atomic mass is 16.5. The maximum Gasteiger partial charge on any atom is 0.250 e. The highest BCUT2D eigenvalue weighted by Gasteiger charge is 2.06. The van der Waals surface area contributed by atoms with Crippen LogP contribution in [0.3, 0.4) is 0 Å². The number of carbonyl (C=O) groups is 1. The summed E-state index contributed by atoms with van der Waals surface area (Å²) >= 11 is 0. The molecule has 0 saturated heterocycles. The first kappa shape index (κ1) is 14.5. The summed E-state index contributed by atoms with van der Waals surface area (Å²) in [5.41, 5.74) is 1.57. The number of aliphatic hydroxyl groups is 1. The maximum absolute atomic E-state index is 11.1. The number of aliphatic hydroxyl groups excluding tert-OH is 1. The van der Waals surface area contributed by atoms with Crippen molar-refractivity contribution in [1.29, 1.82) is 0 Å². The van der Waals surface area contributed by atoms with Gasteiger partial charge in [-0.05, 0) is 24.6 Å². The molecular formula is C13H20N2O3. The quantitative estimate of drug-likeness (QED) is 0.687. The van der Waals surface area contributed by atoms with Crippen molar-refractivity contribution in [1.82, 2.24) is 0 Å². The van der Waals surface area contributed by atoms with E-state index in [1.165, 1.54) is 0 Å². The number of amides is 1. The Morgan fingerprint density at radius 1 is 1.44 bits per heavy atom. The Balaban J connectivity index is 2.66.